The van der Waals surface area contributed by atoms with Crippen molar-refractivity contribution < 1.29 is 18.0 Å². The summed E-state index contributed by atoms with van der Waals surface area (Å²) in [5, 5.41) is 2.60. The minimum absolute atomic E-state index is 0.175. The Hall–Kier alpha value is -4.15. The van der Waals surface area contributed by atoms with E-state index in [4.69, 9.17) is 4.42 Å². The minimum atomic E-state index is -1.10. The molecule has 0 fully saturated rings. The number of oxazole rings is 1. The van der Waals surface area contributed by atoms with Crippen molar-refractivity contribution in [3.8, 4) is 0 Å². The predicted octanol–water partition coefficient (Wildman–Crippen LogP) is 1.34. The first kappa shape index (κ1) is 20.1. The standard InChI is InChI=1S/C20H15F2N5O4/c1-26-19-15(25-17(31-19)16(28)24-9-11-4-6-23-7-5-11)18(29)27(20(26)30)10-12-2-3-13(21)14(22)8-12/h2-8H,9-10H2,1H3,(H,24,28). The molecule has 0 saturated heterocycles. The van der Waals surface area contributed by atoms with Crippen LogP contribution in [0.25, 0.3) is 11.2 Å². The number of rotatable bonds is 5. The molecule has 0 aliphatic rings. The fraction of sp³-hybridized carbons (Fsp3) is 0.150. The molecule has 11 heteroatoms. The number of amides is 1. The number of aromatic nitrogens is 4. The van der Waals surface area contributed by atoms with Gasteiger partial charge in [-0.05, 0) is 35.4 Å². The fourth-order valence-corrected chi connectivity index (χ4v) is 2.98. The summed E-state index contributed by atoms with van der Waals surface area (Å²) in [6.07, 6.45) is 3.15. The van der Waals surface area contributed by atoms with Gasteiger partial charge in [0, 0.05) is 26.0 Å². The summed E-state index contributed by atoms with van der Waals surface area (Å²) in [7, 11) is 1.34. The Morgan fingerprint density at radius 2 is 1.84 bits per heavy atom. The van der Waals surface area contributed by atoms with Crippen LogP contribution in [0.2, 0.25) is 0 Å². The van der Waals surface area contributed by atoms with E-state index in [-0.39, 0.29) is 35.8 Å². The molecule has 0 bridgehead atoms. The SMILES string of the molecule is Cn1c(=O)n(Cc2ccc(F)c(F)c2)c(=O)c2nc(C(=O)NCc3ccncc3)oc21. The average Bonchev–Trinajstić information content (AvgIpc) is 3.23. The van der Waals surface area contributed by atoms with Crippen molar-refractivity contribution in [1.82, 2.24) is 24.4 Å². The number of pyridine rings is 1. The molecule has 1 N–H and O–H groups in total. The van der Waals surface area contributed by atoms with Crippen LogP contribution in [-0.4, -0.2) is 25.0 Å². The van der Waals surface area contributed by atoms with Gasteiger partial charge in [-0.2, -0.15) is 4.98 Å². The minimum Gasteiger partial charge on any atom is -0.415 e. The third-order valence-electron chi connectivity index (χ3n) is 4.60. The van der Waals surface area contributed by atoms with Crippen LogP contribution in [0.15, 0.2) is 56.7 Å². The molecule has 0 spiro atoms. The van der Waals surface area contributed by atoms with Crippen LogP contribution in [0.5, 0.6) is 0 Å². The third kappa shape index (κ3) is 3.84. The Balaban J connectivity index is 1.67. The van der Waals surface area contributed by atoms with Crippen LogP contribution >= 0.6 is 0 Å². The van der Waals surface area contributed by atoms with Crippen LogP contribution in [0, 0.1) is 11.6 Å². The lowest BCUT2D eigenvalue weighted by Gasteiger charge is -2.07. The molecule has 4 rings (SSSR count). The normalized spacial score (nSPS) is 11.1. The van der Waals surface area contributed by atoms with Crippen LogP contribution in [0.1, 0.15) is 21.8 Å². The Morgan fingerprint density at radius 3 is 2.55 bits per heavy atom. The predicted molar refractivity (Wildman–Crippen MR) is 104 cm³/mol. The Morgan fingerprint density at radius 1 is 1.10 bits per heavy atom. The van der Waals surface area contributed by atoms with E-state index < -0.39 is 28.8 Å². The van der Waals surface area contributed by atoms with E-state index in [0.717, 1.165) is 26.8 Å². The van der Waals surface area contributed by atoms with E-state index in [1.807, 2.05) is 0 Å². The molecule has 3 heterocycles. The molecule has 1 aromatic carbocycles. The first-order chi connectivity index (χ1) is 14.8. The number of carbonyl (C=O) groups excluding carboxylic acids is 1. The maximum absolute atomic E-state index is 13.5. The summed E-state index contributed by atoms with van der Waals surface area (Å²) >= 11 is 0. The zero-order chi connectivity index (χ0) is 22.1. The van der Waals surface area contributed by atoms with Crippen molar-refractivity contribution in [2.75, 3.05) is 0 Å². The van der Waals surface area contributed by atoms with Crippen LogP contribution in [0.3, 0.4) is 0 Å². The van der Waals surface area contributed by atoms with Gasteiger partial charge >= 0.3 is 11.6 Å². The second-order valence-corrected chi connectivity index (χ2v) is 6.69. The summed E-state index contributed by atoms with van der Waals surface area (Å²) in [6, 6.07) is 6.49. The fourth-order valence-electron chi connectivity index (χ4n) is 2.98. The maximum Gasteiger partial charge on any atom is 0.333 e. The molecule has 0 aliphatic heterocycles. The van der Waals surface area contributed by atoms with Crippen LogP contribution in [-0.2, 0) is 20.1 Å². The van der Waals surface area contributed by atoms with E-state index >= 15 is 0 Å². The maximum atomic E-state index is 13.5. The van der Waals surface area contributed by atoms with Crippen molar-refractivity contribution >= 4 is 17.1 Å². The number of aryl methyl sites for hydroxylation is 1. The summed E-state index contributed by atoms with van der Waals surface area (Å²) in [5.41, 5.74) is -0.997. The van der Waals surface area contributed by atoms with Gasteiger partial charge in [-0.3, -0.25) is 23.7 Å². The lowest BCUT2D eigenvalue weighted by molar-refractivity contribution is 0.0918. The quantitative estimate of drug-likeness (QED) is 0.515. The smallest absolute Gasteiger partial charge is 0.333 e. The molecule has 4 aromatic rings. The van der Waals surface area contributed by atoms with E-state index in [1.165, 1.54) is 13.1 Å². The molecule has 0 saturated carbocycles. The summed E-state index contributed by atoms with van der Waals surface area (Å²) < 4.78 is 33.8. The number of benzene rings is 1. The molecule has 31 heavy (non-hydrogen) atoms. The topological polar surface area (TPSA) is 112 Å². The highest BCUT2D eigenvalue weighted by atomic mass is 19.2. The molecule has 0 atom stereocenters. The zero-order valence-electron chi connectivity index (χ0n) is 16.1. The number of nitrogens with one attached hydrogen (secondary N) is 1. The number of carbonyl (C=O) groups is 1. The molecule has 0 unspecified atom stereocenters. The van der Waals surface area contributed by atoms with Crippen molar-refractivity contribution in [3.05, 3.63) is 92.2 Å². The van der Waals surface area contributed by atoms with Crippen LogP contribution in [0.4, 0.5) is 8.78 Å². The average molecular weight is 427 g/mol. The van der Waals surface area contributed by atoms with Gasteiger partial charge in [-0.15, -0.1) is 0 Å². The van der Waals surface area contributed by atoms with Gasteiger partial charge in [0.1, 0.15) is 0 Å². The first-order valence-electron chi connectivity index (χ1n) is 9.06. The van der Waals surface area contributed by atoms with Crippen molar-refractivity contribution in [2.24, 2.45) is 7.05 Å². The van der Waals surface area contributed by atoms with Gasteiger partial charge in [0.15, 0.2) is 17.2 Å². The summed E-state index contributed by atoms with van der Waals surface area (Å²) in [4.78, 5) is 45.6. The first-order valence-corrected chi connectivity index (χ1v) is 9.06. The Bertz CT molecular complexity index is 1410. The van der Waals surface area contributed by atoms with E-state index in [0.29, 0.717) is 0 Å². The van der Waals surface area contributed by atoms with Crippen molar-refractivity contribution in [3.63, 3.8) is 0 Å². The zero-order valence-corrected chi connectivity index (χ0v) is 16.1. The van der Waals surface area contributed by atoms with Gasteiger partial charge in [0.2, 0.25) is 5.71 Å². The van der Waals surface area contributed by atoms with Gasteiger partial charge in [0.25, 0.3) is 11.4 Å². The van der Waals surface area contributed by atoms with Crippen LogP contribution < -0.4 is 16.6 Å². The molecular weight excluding hydrogens is 412 g/mol. The number of fused-ring (bicyclic) bond motifs is 1. The molecule has 3 aromatic heterocycles. The Labute approximate surface area is 172 Å². The van der Waals surface area contributed by atoms with E-state index in [2.05, 4.69) is 15.3 Å². The molecule has 0 aliphatic carbocycles. The second kappa shape index (κ2) is 7.94. The monoisotopic (exact) mass is 427 g/mol. The van der Waals surface area contributed by atoms with Gasteiger partial charge in [-0.25, -0.2) is 13.6 Å². The highest BCUT2D eigenvalue weighted by Gasteiger charge is 2.21. The van der Waals surface area contributed by atoms with Crippen molar-refractivity contribution in [1.29, 1.82) is 0 Å². The van der Waals surface area contributed by atoms with Gasteiger partial charge < -0.3 is 9.73 Å². The number of hydrogen-bond acceptors (Lipinski definition) is 6. The third-order valence-corrected chi connectivity index (χ3v) is 4.60. The number of nitrogens with zero attached hydrogens (tertiary/aromatic N) is 4. The summed E-state index contributed by atoms with van der Waals surface area (Å²) in [6.45, 7) is -0.131. The lowest BCUT2D eigenvalue weighted by Crippen LogP contribution is -2.39. The molecule has 0 radical (unpaired) electrons. The lowest BCUT2D eigenvalue weighted by atomic mass is 10.2. The highest BCUT2D eigenvalue weighted by Crippen LogP contribution is 2.12. The highest BCUT2D eigenvalue weighted by molar-refractivity contribution is 5.91. The summed E-state index contributed by atoms with van der Waals surface area (Å²) in [5.74, 6) is -3.20. The molecule has 1 amide bonds. The molecule has 158 valence electrons. The van der Waals surface area contributed by atoms with E-state index in [9.17, 15) is 23.2 Å². The second-order valence-electron chi connectivity index (χ2n) is 6.69. The van der Waals surface area contributed by atoms with Crippen molar-refractivity contribution in [2.45, 2.75) is 13.1 Å². The van der Waals surface area contributed by atoms with Gasteiger partial charge in [0.05, 0.1) is 6.54 Å². The van der Waals surface area contributed by atoms with E-state index in [1.54, 1.807) is 24.5 Å². The van der Waals surface area contributed by atoms with Gasteiger partial charge in [-0.1, -0.05) is 6.07 Å². The number of halogens is 2. The molecular formula is C20H15F2N5O4. The number of hydrogen-bond donors (Lipinski definition) is 1. The largest absolute Gasteiger partial charge is 0.415 e. The molecule has 9 nitrogen and oxygen atoms in total. The Kier molecular flexibility index (Phi) is 5.15.